The van der Waals surface area contributed by atoms with E-state index >= 15 is 0 Å². The topological polar surface area (TPSA) is 101 Å². The van der Waals surface area contributed by atoms with Crippen molar-refractivity contribution in [1.82, 2.24) is 15.3 Å². The van der Waals surface area contributed by atoms with Crippen molar-refractivity contribution in [3.05, 3.63) is 64.6 Å². The number of nitrogens with zero attached hydrogens (tertiary/aromatic N) is 2. The number of halogens is 3. The normalized spacial score (nSPS) is 14.0. The molecule has 1 aromatic carbocycles. The van der Waals surface area contributed by atoms with E-state index < -0.39 is 34.3 Å². The zero-order chi connectivity index (χ0) is 21.6. The highest BCUT2D eigenvalue weighted by atomic mass is 35.5. The van der Waals surface area contributed by atoms with Gasteiger partial charge in [-0.3, -0.25) is 4.79 Å². The van der Waals surface area contributed by atoms with Crippen LogP contribution in [0.15, 0.2) is 48.1 Å². The van der Waals surface area contributed by atoms with Gasteiger partial charge >= 0.3 is 0 Å². The first-order valence-corrected chi connectivity index (χ1v) is 10.7. The number of nitrogens with one attached hydrogen (secondary N) is 2. The van der Waals surface area contributed by atoms with Crippen molar-refractivity contribution in [3.8, 4) is 0 Å². The van der Waals surface area contributed by atoms with Gasteiger partial charge in [0.2, 0.25) is 5.82 Å². The standard InChI is InChI=1S/C18H19ClF2N4O3S/c1-11(7-8-29(2,27)28)24-18(26)17-22-9-12(10-23-17)25-15(16(20)21)13-5-3-4-6-14(13)19/h3-11,15-16,25H,1-2H3,(H,24,26)/b8-7+/t11-,15-/m1/s1. The highest BCUT2D eigenvalue weighted by Crippen LogP contribution is 2.30. The van der Waals surface area contributed by atoms with Crippen LogP contribution in [0.2, 0.25) is 5.02 Å². The fourth-order valence-electron chi connectivity index (χ4n) is 2.28. The number of rotatable bonds is 8. The van der Waals surface area contributed by atoms with Gasteiger partial charge in [0.1, 0.15) is 6.04 Å². The molecule has 1 amide bonds. The van der Waals surface area contributed by atoms with E-state index in [0.29, 0.717) is 0 Å². The SMILES string of the molecule is C[C@H](/C=C/S(C)(=O)=O)NC(=O)c1ncc(N[C@H](c2ccccc2Cl)C(F)F)cn1. The van der Waals surface area contributed by atoms with E-state index in [4.69, 9.17) is 11.6 Å². The van der Waals surface area contributed by atoms with E-state index in [1.807, 2.05) is 0 Å². The summed E-state index contributed by atoms with van der Waals surface area (Å²) in [4.78, 5) is 19.8. The summed E-state index contributed by atoms with van der Waals surface area (Å²) in [5.74, 6) is -0.833. The van der Waals surface area contributed by atoms with Gasteiger partial charge in [0.05, 0.1) is 18.1 Å². The van der Waals surface area contributed by atoms with Crippen molar-refractivity contribution in [2.24, 2.45) is 0 Å². The minimum Gasteiger partial charge on any atom is -0.370 e. The quantitative estimate of drug-likeness (QED) is 0.648. The van der Waals surface area contributed by atoms with Gasteiger partial charge in [-0.05, 0) is 18.6 Å². The average molecular weight is 445 g/mol. The van der Waals surface area contributed by atoms with Crippen LogP contribution in [0.25, 0.3) is 0 Å². The van der Waals surface area contributed by atoms with Crippen LogP contribution in [-0.2, 0) is 9.84 Å². The Morgan fingerprint density at radius 2 is 1.83 bits per heavy atom. The molecule has 0 saturated carbocycles. The number of aromatic nitrogens is 2. The first-order valence-electron chi connectivity index (χ1n) is 8.37. The van der Waals surface area contributed by atoms with Crippen LogP contribution in [0.4, 0.5) is 14.5 Å². The van der Waals surface area contributed by atoms with Crippen LogP contribution in [0.5, 0.6) is 0 Å². The Bertz CT molecular complexity index is 985. The summed E-state index contributed by atoms with van der Waals surface area (Å²) >= 11 is 6.00. The number of amides is 1. The largest absolute Gasteiger partial charge is 0.370 e. The molecule has 2 aromatic rings. The van der Waals surface area contributed by atoms with Gasteiger partial charge in [-0.2, -0.15) is 0 Å². The number of hydrogen-bond acceptors (Lipinski definition) is 6. The lowest BCUT2D eigenvalue weighted by Gasteiger charge is -2.20. The molecule has 0 aliphatic rings. The maximum absolute atomic E-state index is 13.5. The minimum atomic E-state index is -3.31. The molecule has 1 aromatic heterocycles. The predicted molar refractivity (Wildman–Crippen MR) is 107 cm³/mol. The first kappa shape index (κ1) is 22.7. The van der Waals surface area contributed by atoms with Gasteiger partial charge in [0.15, 0.2) is 9.84 Å². The molecule has 1 heterocycles. The summed E-state index contributed by atoms with van der Waals surface area (Å²) < 4.78 is 49.2. The van der Waals surface area contributed by atoms with Crippen LogP contribution in [0, 0.1) is 0 Å². The first-order chi connectivity index (χ1) is 13.6. The Morgan fingerprint density at radius 3 is 2.38 bits per heavy atom. The average Bonchev–Trinajstić information content (AvgIpc) is 2.65. The third kappa shape index (κ3) is 7.06. The summed E-state index contributed by atoms with van der Waals surface area (Å²) in [6.45, 7) is 1.58. The van der Waals surface area contributed by atoms with Gasteiger partial charge in [0.25, 0.3) is 12.3 Å². The summed E-state index contributed by atoms with van der Waals surface area (Å²) in [7, 11) is -3.31. The number of anilines is 1. The van der Waals surface area contributed by atoms with Crippen LogP contribution in [0.3, 0.4) is 0 Å². The molecule has 2 atom stereocenters. The molecule has 7 nitrogen and oxygen atoms in total. The fourth-order valence-corrected chi connectivity index (χ4v) is 3.06. The van der Waals surface area contributed by atoms with E-state index in [1.165, 1.54) is 30.6 Å². The van der Waals surface area contributed by atoms with Crippen molar-refractivity contribution in [3.63, 3.8) is 0 Å². The van der Waals surface area contributed by atoms with E-state index in [-0.39, 0.29) is 22.1 Å². The number of carbonyl (C=O) groups is 1. The Kier molecular flexibility index (Phi) is 7.63. The van der Waals surface area contributed by atoms with Crippen molar-refractivity contribution in [1.29, 1.82) is 0 Å². The molecule has 2 rings (SSSR count). The zero-order valence-electron chi connectivity index (χ0n) is 15.5. The number of carbonyl (C=O) groups excluding carboxylic acids is 1. The van der Waals surface area contributed by atoms with Crippen LogP contribution >= 0.6 is 11.6 Å². The second-order valence-electron chi connectivity index (χ2n) is 6.19. The number of alkyl halides is 2. The Labute approximate surface area is 172 Å². The fraction of sp³-hybridized carbons (Fsp3) is 0.278. The summed E-state index contributed by atoms with van der Waals surface area (Å²) in [5.41, 5.74) is 0.397. The molecule has 156 valence electrons. The van der Waals surface area contributed by atoms with Crippen LogP contribution < -0.4 is 10.6 Å². The van der Waals surface area contributed by atoms with Crippen LogP contribution in [-0.4, -0.2) is 43.0 Å². The Balaban J connectivity index is 2.08. The van der Waals surface area contributed by atoms with Crippen molar-refractivity contribution >= 4 is 33.0 Å². The van der Waals surface area contributed by atoms with Crippen molar-refractivity contribution in [2.75, 3.05) is 11.6 Å². The molecule has 0 spiro atoms. The van der Waals surface area contributed by atoms with E-state index in [2.05, 4.69) is 20.6 Å². The molecule has 0 unspecified atom stereocenters. The Hall–Kier alpha value is -2.59. The van der Waals surface area contributed by atoms with E-state index in [0.717, 1.165) is 11.7 Å². The zero-order valence-corrected chi connectivity index (χ0v) is 17.1. The van der Waals surface area contributed by atoms with Gasteiger partial charge in [-0.1, -0.05) is 35.9 Å². The van der Waals surface area contributed by atoms with Crippen LogP contribution in [0.1, 0.15) is 29.1 Å². The lowest BCUT2D eigenvalue weighted by Crippen LogP contribution is -2.32. The van der Waals surface area contributed by atoms with Gasteiger partial charge in [-0.15, -0.1) is 0 Å². The summed E-state index contributed by atoms with van der Waals surface area (Å²) in [6, 6.07) is 4.27. The maximum Gasteiger partial charge on any atom is 0.289 e. The second kappa shape index (κ2) is 9.75. The predicted octanol–water partition coefficient (Wildman–Crippen LogP) is 3.22. The third-order valence-electron chi connectivity index (χ3n) is 3.64. The van der Waals surface area contributed by atoms with Crippen molar-refractivity contribution in [2.45, 2.75) is 25.4 Å². The van der Waals surface area contributed by atoms with Gasteiger partial charge < -0.3 is 10.6 Å². The highest BCUT2D eigenvalue weighted by molar-refractivity contribution is 7.93. The molecule has 0 saturated heterocycles. The second-order valence-corrected chi connectivity index (χ2v) is 8.53. The maximum atomic E-state index is 13.5. The number of hydrogen-bond donors (Lipinski definition) is 2. The lowest BCUT2D eigenvalue weighted by atomic mass is 10.1. The monoisotopic (exact) mass is 444 g/mol. The molecule has 0 aliphatic carbocycles. The summed E-state index contributed by atoms with van der Waals surface area (Å²) in [5, 5.41) is 6.29. The smallest absolute Gasteiger partial charge is 0.289 e. The van der Waals surface area contributed by atoms with E-state index in [1.54, 1.807) is 19.1 Å². The highest BCUT2D eigenvalue weighted by Gasteiger charge is 2.24. The molecule has 29 heavy (non-hydrogen) atoms. The number of benzene rings is 1. The molecule has 0 bridgehead atoms. The molecular weight excluding hydrogens is 426 g/mol. The van der Waals surface area contributed by atoms with Gasteiger partial charge in [0, 0.05) is 22.7 Å². The molecule has 11 heteroatoms. The molecule has 0 aliphatic heterocycles. The lowest BCUT2D eigenvalue weighted by molar-refractivity contribution is 0.0936. The summed E-state index contributed by atoms with van der Waals surface area (Å²) in [6.07, 6.45) is 1.98. The Morgan fingerprint density at radius 1 is 1.21 bits per heavy atom. The molecule has 2 N–H and O–H groups in total. The molecule has 0 fully saturated rings. The number of sulfone groups is 1. The van der Waals surface area contributed by atoms with E-state index in [9.17, 15) is 22.0 Å². The van der Waals surface area contributed by atoms with Crippen molar-refractivity contribution < 1.29 is 22.0 Å². The molecular formula is C18H19ClF2N4O3S. The van der Waals surface area contributed by atoms with Gasteiger partial charge in [-0.25, -0.2) is 27.2 Å². The molecule has 0 radical (unpaired) electrons. The minimum absolute atomic E-state index is 0.178. The third-order valence-corrected chi connectivity index (χ3v) is 4.64.